The van der Waals surface area contributed by atoms with Gasteiger partial charge in [-0.1, -0.05) is 38.1 Å². The van der Waals surface area contributed by atoms with Gasteiger partial charge in [-0.15, -0.1) is 0 Å². The third-order valence-corrected chi connectivity index (χ3v) is 7.02. The summed E-state index contributed by atoms with van der Waals surface area (Å²) in [4.78, 5) is 20.2. The van der Waals surface area contributed by atoms with Crippen LogP contribution >= 0.6 is 0 Å². The van der Waals surface area contributed by atoms with Crippen LogP contribution in [0.15, 0.2) is 42.7 Å². The second-order valence-corrected chi connectivity index (χ2v) is 9.24. The predicted molar refractivity (Wildman–Crippen MR) is 118 cm³/mol. The van der Waals surface area contributed by atoms with Crippen LogP contribution in [0, 0.1) is 11.8 Å². The molecule has 2 aliphatic rings. The fourth-order valence-corrected chi connectivity index (χ4v) is 5.06. The van der Waals surface area contributed by atoms with Crippen LogP contribution in [0.5, 0.6) is 0 Å². The van der Waals surface area contributed by atoms with Crippen molar-refractivity contribution in [2.45, 2.75) is 52.0 Å². The lowest BCUT2D eigenvalue weighted by atomic mass is 9.78. The molecule has 29 heavy (non-hydrogen) atoms. The Morgan fingerprint density at radius 1 is 0.966 bits per heavy atom. The third kappa shape index (κ3) is 4.92. The van der Waals surface area contributed by atoms with Crippen LogP contribution in [0.4, 0.5) is 0 Å². The van der Waals surface area contributed by atoms with E-state index in [0.717, 1.165) is 49.9 Å². The van der Waals surface area contributed by atoms with Crippen molar-refractivity contribution >= 4 is 5.91 Å². The minimum Gasteiger partial charge on any atom is -0.367 e. The number of amides is 1. The maximum Gasteiger partial charge on any atom is 0.255 e. The van der Waals surface area contributed by atoms with Gasteiger partial charge in [0.2, 0.25) is 0 Å². The Balaban J connectivity index is 1.21. The first-order chi connectivity index (χ1) is 14.1. The van der Waals surface area contributed by atoms with Gasteiger partial charge >= 0.3 is 0 Å². The zero-order valence-electron chi connectivity index (χ0n) is 17.9. The first-order valence-corrected chi connectivity index (χ1v) is 11.3. The molecule has 4 nitrogen and oxygen atoms in total. The van der Waals surface area contributed by atoms with Crippen molar-refractivity contribution < 1.29 is 4.79 Å². The van der Waals surface area contributed by atoms with Crippen molar-refractivity contribution in [1.29, 1.82) is 0 Å². The van der Waals surface area contributed by atoms with Crippen molar-refractivity contribution in [3.63, 3.8) is 0 Å². The molecule has 4 heteroatoms. The highest BCUT2D eigenvalue weighted by Crippen LogP contribution is 2.33. The fourth-order valence-electron chi connectivity index (χ4n) is 5.06. The molecule has 2 aliphatic heterocycles. The molecule has 2 fully saturated rings. The number of aromatic nitrogens is 1. The number of carbonyl (C=O) groups is 1. The van der Waals surface area contributed by atoms with Crippen molar-refractivity contribution in [2.24, 2.45) is 11.8 Å². The van der Waals surface area contributed by atoms with E-state index in [1.165, 1.54) is 37.1 Å². The SMILES string of the molecule is CC(C)c1ccc(CN2CCC(C3CCN(C(=O)c4cc[nH]c4)CC3)CC2)cc1. The number of carbonyl (C=O) groups excluding carboxylic acids is 1. The Bertz CT molecular complexity index is 765. The molecule has 156 valence electrons. The molecule has 0 atom stereocenters. The molecular formula is C25H35N3O. The number of H-pyrrole nitrogens is 1. The molecule has 1 amide bonds. The average Bonchev–Trinajstić information content (AvgIpc) is 3.29. The Morgan fingerprint density at radius 2 is 1.59 bits per heavy atom. The van der Waals surface area contributed by atoms with Crippen LogP contribution in [0.3, 0.4) is 0 Å². The largest absolute Gasteiger partial charge is 0.367 e. The molecule has 0 saturated carbocycles. The number of rotatable bonds is 5. The summed E-state index contributed by atoms with van der Waals surface area (Å²) in [5, 5.41) is 0. The highest BCUT2D eigenvalue weighted by Gasteiger charge is 2.31. The molecule has 2 aromatic rings. The lowest BCUT2D eigenvalue weighted by Gasteiger charge is -2.40. The Morgan fingerprint density at radius 3 is 2.14 bits per heavy atom. The summed E-state index contributed by atoms with van der Waals surface area (Å²) < 4.78 is 0. The minimum absolute atomic E-state index is 0.183. The summed E-state index contributed by atoms with van der Waals surface area (Å²) >= 11 is 0. The van der Waals surface area contributed by atoms with Gasteiger partial charge in [-0.25, -0.2) is 0 Å². The second kappa shape index (κ2) is 9.17. The molecule has 1 aromatic carbocycles. The Labute approximate surface area is 175 Å². The molecule has 4 rings (SSSR count). The monoisotopic (exact) mass is 393 g/mol. The number of likely N-dealkylation sites (tertiary alicyclic amines) is 2. The molecular weight excluding hydrogens is 358 g/mol. The highest BCUT2D eigenvalue weighted by atomic mass is 16.2. The lowest BCUT2D eigenvalue weighted by molar-refractivity contribution is 0.0599. The molecule has 0 radical (unpaired) electrons. The van der Waals surface area contributed by atoms with Crippen LogP contribution in [-0.4, -0.2) is 46.9 Å². The normalized spacial score (nSPS) is 19.8. The van der Waals surface area contributed by atoms with Gasteiger partial charge in [0.25, 0.3) is 5.91 Å². The van der Waals surface area contributed by atoms with E-state index in [9.17, 15) is 4.79 Å². The molecule has 1 aromatic heterocycles. The van der Waals surface area contributed by atoms with Crippen molar-refractivity contribution in [2.75, 3.05) is 26.2 Å². The van der Waals surface area contributed by atoms with Crippen LogP contribution < -0.4 is 0 Å². The van der Waals surface area contributed by atoms with Crippen molar-refractivity contribution in [1.82, 2.24) is 14.8 Å². The van der Waals surface area contributed by atoms with E-state index in [4.69, 9.17) is 0 Å². The van der Waals surface area contributed by atoms with E-state index >= 15 is 0 Å². The summed E-state index contributed by atoms with van der Waals surface area (Å²) in [6.07, 6.45) is 8.57. The zero-order valence-corrected chi connectivity index (χ0v) is 17.9. The van der Waals surface area contributed by atoms with Gasteiger partial charge in [-0.3, -0.25) is 9.69 Å². The van der Waals surface area contributed by atoms with Crippen LogP contribution in [0.1, 0.15) is 66.9 Å². The number of hydrogen-bond donors (Lipinski definition) is 1. The molecule has 1 N–H and O–H groups in total. The molecule has 3 heterocycles. The summed E-state index contributed by atoms with van der Waals surface area (Å²) in [7, 11) is 0. The molecule has 0 aliphatic carbocycles. The summed E-state index contributed by atoms with van der Waals surface area (Å²) in [6.45, 7) is 9.82. The second-order valence-electron chi connectivity index (χ2n) is 9.24. The first-order valence-electron chi connectivity index (χ1n) is 11.3. The maximum atomic E-state index is 12.5. The van der Waals surface area contributed by atoms with Gasteiger partial charge < -0.3 is 9.88 Å². The number of nitrogens with one attached hydrogen (secondary N) is 1. The zero-order chi connectivity index (χ0) is 20.2. The first kappa shape index (κ1) is 20.2. The number of nitrogens with zero attached hydrogens (tertiary/aromatic N) is 2. The maximum absolute atomic E-state index is 12.5. The molecule has 0 spiro atoms. The van der Waals surface area contributed by atoms with Gasteiger partial charge in [-0.05, 0) is 73.7 Å². The number of hydrogen-bond acceptors (Lipinski definition) is 2. The van der Waals surface area contributed by atoms with Gasteiger partial charge in [0, 0.05) is 32.0 Å². The predicted octanol–water partition coefficient (Wildman–Crippen LogP) is 4.90. The van der Waals surface area contributed by atoms with Crippen LogP contribution in [0.2, 0.25) is 0 Å². The van der Waals surface area contributed by atoms with Gasteiger partial charge in [0.05, 0.1) is 5.56 Å². The fraction of sp³-hybridized carbons (Fsp3) is 0.560. The summed E-state index contributed by atoms with van der Waals surface area (Å²) in [5.74, 6) is 2.41. The van der Waals surface area contributed by atoms with E-state index in [2.05, 4.69) is 48.0 Å². The number of aromatic amines is 1. The van der Waals surface area contributed by atoms with E-state index in [-0.39, 0.29) is 5.91 Å². The quantitative estimate of drug-likeness (QED) is 0.784. The third-order valence-electron chi connectivity index (χ3n) is 7.02. The summed E-state index contributed by atoms with van der Waals surface area (Å²) in [6, 6.07) is 11.1. The topological polar surface area (TPSA) is 39.3 Å². The van der Waals surface area contributed by atoms with E-state index < -0.39 is 0 Å². The highest BCUT2D eigenvalue weighted by molar-refractivity contribution is 5.94. The molecule has 2 saturated heterocycles. The average molecular weight is 394 g/mol. The minimum atomic E-state index is 0.183. The molecule has 0 unspecified atom stereocenters. The summed E-state index contributed by atoms with van der Waals surface area (Å²) in [5.41, 5.74) is 3.65. The molecule has 0 bridgehead atoms. The van der Waals surface area contributed by atoms with E-state index in [0.29, 0.717) is 5.92 Å². The van der Waals surface area contributed by atoms with Gasteiger partial charge in [-0.2, -0.15) is 0 Å². The standard InChI is InChI=1S/C25H35N3O/c1-19(2)21-5-3-20(4-6-21)18-27-13-8-22(9-14-27)23-10-15-28(16-11-23)25(29)24-7-12-26-17-24/h3-7,12,17,19,22-23,26H,8-11,13-16,18H2,1-2H3. The number of piperidine rings is 2. The smallest absolute Gasteiger partial charge is 0.255 e. The number of benzene rings is 1. The lowest BCUT2D eigenvalue weighted by Crippen LogP contribution is -2.42. The van der Waals surface area contributed by atoms with Crippen LogP contribution in [-0.2, 0) is 6.54 Å². The van der Waals surface area contributed by atoms with Crippen LogP contribution in [0.25, 0.3) is 0 Å². The van der Waals surface area contributed by atoms with E-state index in [1.54, 1.807) is 6.20 Å². The van der Waals surface area contributed by atoms with Gasteiger partial charge in [0.1, 0.15) is 0 Å². The van der Waals surface area contributed by atoms with Crippen molar-refractivity contribution in [3.8, 4) is 0 Å². The van der Waals surface area contributed by atoms with E-state index in [1.807, 2.05) is 17.2 Å². The Kier molecular flexibility index (Phi) is 6.39. The van der Waals surface area contributed by atoms with Crippen molar-refractivity contribution in [3.05, 3.63) is 59.4 Å². The van der Waals surface area contributed by atoms with Gasteiger partial charge in [0.15, 0.2) is 0 Å². The Hall–Kier alpha value is -2.07.